The molecule has 2 aromatic rings. The molecule has 1 saturated heterocycles. The number of amides is 1. The zero-order chi connectivity index (χ0) is 19.4. The maximum Gasteiger partial charge on any atom is 0.246 e. The molecule has 2 heterocycles. The van der Waals surface area contributed by atoms with Crippen LogP contribution in [0.25, 0.3) is 11.8 Å². The second-order valence-electron chi connectivity index (χ2n) is 7.09. The summed E-state index contributed by atoms with van der Waals surface area (Å²) in [7, 11) is 4.05. The number of halogens is 2. The molecule has 0 bridgehead atoms. The fourth-order valence-electron chi connectivity index (χ4n) is 3.41. The summed E-state index contributed by atoms with van der Waals surface area (Å²) in [5.41, 5.74) is 1.02. The van der Waals surface area contributed by atoms with Gasteiger partial charge in [-0.25, -0.2) is 9.07 Å². The summed E-state index contributed by atoms with van der Waals surface area (Å²) in [6.07, 6.45) is 9.74. The molecule has 1 aliphatic rings. The molecule has 1 aromatic heterocycles. The van der Waals surface area contributed by atoms with Crippen molar-refractivity contribution in [2.75, 3.05) is 27.2 Å². The van der Waals surface area contributed by atoms with Gasteiger partial charge in [-0.2, -0.15) is 5.10 Å². The van der Waals surface area contributed by atoms with Gasteiger partial charge in [0.1, 0.15) is 11.5 Å². The molecule has 1 atom stereocenters. The Bertz CT molecular complexity index is 833. The van der Waals surface area contributed by atoms with Crippen molar-refractivity contribution in [3.8, 4) is 5.69 Å². The highest BCUT2D eigenvalue weighted by Gasteiger charge is 2.25. The van der Waals surface area contributed by atoms with E-state index in [0.29, 0.717) is 11.3 Å². The van der Waals surface area contributed by atoms with Crippen molar-refractivity contribution in [3.05, 3.63) is 52.5 Å². The highest BCUT2D eigenvalue weighted by molar-refractivity contribution is 9.10. The van der Waals surface area contributed by atoms with Crippen molar-refractivity contribution in [1.82, 2.24) is 19.6 Å². The van der Waals surface area contributed by atoms with E-state index in [1.807, 2.05) is 19.0 Å². The molecule has 1 fully saturated rings. The molecule has 144 valence electrons. The van der Waals surface area contributed by atoms with Crippen molar-refractivity contribution in [1.29, 1.82) is 0 Å². The van der Waals surface area contributed by atoms with Gasteiger partial charge in [0.05, 0.1) is 10.7 Å². The number of benzene rings is 1. The van der Waals surface area contributed by atoms with E-state index >= 15 is 0 Å². The minimum absolute atomic E-state index is 0.0120. The second-order valence-corrected chi connectivity index (χ2v) is 8.01. The molecule has 0 aliphatic carbocycles. The monoisotopic (exact) mass is 434 g/mol. The van der Waals surface area contributed by atoms with Gasteiger partial charge in [-0.3, -0.25) is 4.79 Å². The molecule has 0 spiro atoms. The van der Waals surface area contributed by atoms with Gasteiger partial charge in [0.25, 0.3) is 0 Å². The first kappa shape index (κ1) is 19.8. The predicted octanol–water partition coefficient (Wildman–Crippen LogP) is 3.73. The molecule has 0 saturated carbocycles. The summed E-state index contributed by atoms with van der Waals surface area (Å²) in [5, 5.41) is 4.09. The number of aromatic nitrogens is 2. The van der Waals surface area contributed by atoms with E-state index in [1.54, 1.807) is 36.7 Å². The third-order valence-corrected chi connectivity index (χ3v) is 5.08. The van der Waals surface area contributed by atoms with Crippen molar-refractivity contribution >= 4 is 27.9 Å². The first-order valence-corrected chi connectivity index (χ1v) is 9.87. The van der Waals surface area contributed by atoms with Gasteiger partial charge in [-0.15, -0.1) is 0 Å². The topological polar surface area (TPSA) is 41.4 Å². The van der Waals surface area contributed by atoms with Crippen LogP contribution in [0.1, 0.15) is 24.8 Å². The van der Waals surface area contributed by atoms with E-state index < -0.39 is 0 Å². The van der Waals surface area contributed by atoms with Gasteiger partial charge in [0.15, 0.2) is 0 Å². The molecule has 7 heteroatoms. The van der Waals surface area contributed by atoms with E-state index in [1.165, 1.54) is 10.7 Å². The van der Waals surface area contributed by atoms with Crippen LogP contribution >= 0.6 is 15.9 Å². The Morgan fingerprint density at radius 2 is 2.22 bits per heavy atom. The Balaban J connectivity index is 1.71. The number of likely N-dealkylation sites (N-methyl/N-ethyl adjacent to an activating group) is 1. The summed E-state index contributed by atoms with van der Waals surface area (Å²) in [6.45, 7) is 1.64. The van der Waals surface area contributed by atoms with E-state index in [4.69, 9.17) is 0 Å². The number of piperidine rings is 1. The maximum absolute atomic E-state index is 14.4. The van der Waals surface area contributed by atoms with Crippen molar-refractivity contribution < 1.29 is 9.18 Å². The van der Waals surface area contributed by atoms with E-state index in [9.17, 15) is 9.18 Å². The van der Waals surface area contributed by atoms with E-state index in [0.717, 1.165) is 36.8 Å². The van der Waals surface area contributed by atoms with Crippen LogP contribution < -0.4 is 0 Å². The smallest absolute Gasteiger partial charge is 0.246 e. The van der Waals surface area contributed by atoms with Crippen molar-refractivity contribution in [2.45, 2.75) is 25.3 Å². The maximum atomic E-state index is 14.4. The minimum atomic E-state index is -0.386. The molecule has 1 aromatic carbocycles. The SMILES string of the molecule is CN(C)CC1CCCCN1C(=O)/C=C/c1ccc(-n2cc(Br)cn2)c(F)c1. The Morgan fingerprint density at radius 1 is 1.41 bits per heavy atom. The van der Waals surface area contributed by atoms with E-state index in [-0.39, 0.29) is 17.8 Å². The lowest BCUT2D eigenvalue weighted by molar-refractivity contribution is -0.129. The number of likely N-dealkylation sites (tertiary alicyclic amines) is 1. The first-order chi connectivity index (χ1) is 12.9. The lowest BCUT2D eigenvalue weighted by Crippen LogP contribution is -2.47. The van der Waals surface area contributed by atoms with Crippen molar-refractivity contribution in [3.63, 3.8) is 0 Å². The van der Waals surface area contributed by atoms with Crippen molar-refractivity contribution in [2.24, 2.45) is 0 Å². The molecule has 27 heavy (non-hydrogen) atoms. The van der Waals surface area contributed by atoms with Crippen LogP contribution in [0, 0.1) is 5.82 Å². The quantitative estimate of drug-likeness (QED) is 0.673. The Hall–Kier alpha value is -1.99. The van der Waals surface area contributed by atoms with Gasteiger partial charge < -0.3 is 9.80 Å². The molecular weight excluding hydrogens is 411 g/mol. The Morgan fingerprint density at radius 3 is 2.89 bits per heavy atom. The minimum Gasteiger partial charge on any atom is -0.335 e. The molecule has 1 unspecified atom stereocenters. The molecule has 0 radical (unpaired) electrons. The number of carbonyl (C=O) groups is 1. The Kier molecular flexibility index (Phi) is 6.44. The number of rotatable bonds is 5. The fraction of sp³-hybridized carbons (Fsp3) is 0.400. The molecule has 3 rings (SSSR count). The standard InChI is InChI=1S/C20H24BrFN4O/c1-24(2)14-17-5-3-4-10-25(17)20(27)9-7-15-6-8-19(18(22)11-15)26-13-16(21)12-23-26/h6-9,11-13,17H,3-5,10,14H2,1-2H3/b9-7+. The molecular formula is C20H24BrFN4O. The molecule has 5 nitrogen and oxygen atoms in total. The van der Waals surface area contributed by atoms with Crippen LogP contribution in [-0.4, -0.2) is 58.7 Å². The van der Waals surface area contributed by atoms with Crippen LogP contribution in [0.4, 0.5) is 4.39 Å². The summed E-state index contributed by atoms with van der Waals surface area (Å²) in [4.78, 5) is 16.7. The fourth-order valence-corrected chi connectivity index (χ4v) is 3.70. The largest absolute Gasteiger partial charge is 0.335 e. The lowest BCUT2D eigenvalue weighted by Gasteiger charge is -2.36. The van der Waals surface area contributed by atoms with Gasteiger partial charge in [0, 0.05) is 31.4 Å². The van der Waals surface area contributed by atoms with Gasteiger partial charge in [-0.1, -0.05) is 6.07 Å². The van der Waals surface area contributed by atoms with Crippen LogP contribution in [0.5, 0.6) is 0 Å². The predicted molar refractivity (Wildman–Crippen MR) is 108 cm³/mol. The number of carbonyl (C=O) groups excluding carboxylic acids is 1. The van der Waals surface area contributed by atoms with Gasteiger partial charge in [0.2, 0.25) is 5.91 Å². The normalized spacial score (nSPS) is 17.8. The summed E-state index contributed by atoms with van der Waals surface area (Å²) in [6, 6.07) is 5.10. The molecule has 1 aliphatic heterocycles. The third-order valence-electron chi connectivity index (χ3n) is 4.67. The zero-order valence-electron chi connectivity index (χ0n) is 15.6. The highest BCUT2D eigenvalue weighted by Crippen LogP contribution is 2.20. The molecule has 0 N–H and O–H groups in total. The van der Waals surface area contributed by atoms with E-state index in [2.05, 4.69) is 25.9 Å². The van der Waals surface area contributed by atoms with Gasteiger partial charge >= 0.3 is 0 Å². The first-order valence-electron chi connectivity index (χ1n) is 9.07. The van der Waals surface area contributed by atoms with Crippen LogP contribution in [0.15, 0.2) is 41.1 Å². The second kappa shape index (κ2) is 8.80. The summed E-state index contributed by atoms with van der Waals surface area (Å²) in [5.74, 6) is -0.398. The average molecular weight is 435 g/mol. The summed E-state index contributed by atoms with van der Waals surface area (Å²) >= 11 is 3.30. The zero-order valence-corrected chi connectivity index (χ0v) is 17.2. The third kappa shape index (κ3) is 5.05. The van der Waals surface area contributed by atoms with Crippen LogP contribution in [-0.2, 0) is 4.79 Å². The number of nitrogens with zero attached hydrogens (tertiary/aromatic N) is 4. The van der Waals surface area contributed by atoms with Crippen LogP contribution in [0.3, 0.4) is 0 Å². The molecule has 1 amide bonds. The van der Waals surface area contributed by atoms with Crippen LogP contribution in [0.2, 0.25) is 0 Å². The number of hydrogen-bond acceptors (Lipinski definition) is 3. The summed E-state index contributed by atoms with van der Waals surface area (Å²) < 4.78 is 16.7. The Labute approximate surface area is 167 Å². The lowest BCUT2D eigenvalue weighted by atomic mass is 10.0. The highest BCUT2D eigenvalue weighted by atomic mass is 79.9. The average Bonchev–Trinajstić information content (AvgIpc) is 3.06. The number of hydrogen-bond donors (Lipinski definition) is 0. The van der Waals surface area contributed by atoms with Gasteiger partial charge in [-0.05, 0) is 73.1 Å².